The molecule has 0 aliphatic carbocycles. The normalized spacial score (nSPS) is 11.9. The first-order valence-electron chi connectivity index (χ1n) is 6.21. The summed E-state index contributed by atoms with van der Waals surface area (Å²) < 4.78 is 26.3. The minimum Gasteiger partial charge on any atom is -0.398 e. The minimum absolute atomic E-state index is 0.0542. The molecular formula is C13H22N2O2S. The van der Waals surface area contributed by atoms with Crippen LogP contribution in [0.1, 0.15) is 32.3 Å². The van der Waals surface area contributed by atoms with Crippen molar-refractivity contribution in [3.63, 3.8) is 0 Å². The number of nitrogens with two attached hydrogens (primary N) is 1. The number of sulfonamides is 1. The highest BCUT2D eigenvalue weighted by Gasteiger charge is 2.12. The molecule has 5 heteroatoms. The summed E-state index contributed by atoms with van der Waals surface area (Å²) in [5.74, 6) is 0.542. The number of benzene rings is 1. The van der Waals surface area contributed by atoms with Crippen LogP contribution in [0.15, 0.2) is 24.3 Å². The molecule has 0 saturated carbocycles. The molecule has 1 aromatic carbocycles. The van der Waals surface area contributed by atoms with E-state index in [1.807, 2.05) is 0 Å². The smallest absolute Gasteiger partial charge is 0.215 e. The third-order valence-corrected chi connectivity index (χ3v) is 4.02. The van der Waals surface area contributed by atoms with Crippen molar-refractivity contribution < 1.29 is 8.42 Å². The van der Waals surface area contributed by atoms with Gasteiger partial charge in [0, 0.05) is 12.2 Å². The number of nitrogen functional groups attached to an aromatic ring is 1. The largest absolute Gasteiger partial charge is 0.398 e. The number of para-hydroxylation sites is 1. The van der Waals surface area contributed by atoms with E-state index in [2.05, 4.69) is 18.6 Å². The average molecular weight is 270 g/mol. The molecule has 0 spiro atoms. The summed E-state index contributed by atoms with van der Waals surface area (Å²) in [4.78, 5) is 0. The van der Waals surface area contributed by atoms with Gasteiger partial charge < -0.3 is 5.73 Å². The van der Waals surface area contributed by atoms with Crippen molar-refractivity contribution in [3.05, 3.63) is 29.8 Å². The van der Waals surface area contributed by atoms with Gasteiger partial charge in [0.1, 0.15) is 0 Å². The Kier molecular flexibility index (Phi) is 5.62. The van der Waals surface area contributed by atoms with Crippen LogP contribution in [0, 0.1) is 5.92 Å². The Morgan fingerprint density at radius 3 is 2.56 bits per heavy atom. The number of hydrogen-bond acceptors (Lipinski definition) is 3. The van der Waals surface area contributed by atoms with Crippen LogP contribution >= 0.6 is 0 Å². The first-order valence-corrected chi connectivity index (χ1v) is 7.86. The van der Waals surface area contributed by atoms with E-state index < -0.39 is 10.0 Å². The van der Waals surface area contributed by atoms with Crippen molar-refractivity contribution in [1.29, 1.82) is 0 Å². The van der Waals surface area contributed by atoms with Crippen LogP contribution in [0.5, 0.6) is 0 Å². The summed E-state index contributed by atoms with van der Waals surface area (Å²) in [6.45, 7) is 4.74. The van der Waals surface area contributed by atoms with E-state index in [0.29, 0.717) is 23.7 Å². The fourth-order valence-corrected chi connectivity index (χ4v) is 2.89. The predicted octanol–water partition coefficient (Wildman–Crippen LogP) is 2.12. The molecule has 102 valence electrons. The second kappa shape index (κ2) is 6.75. The summed E-state index contributed by atoms with van der Waals surface area (Å²) in [6, 6.07) is 7.04. The van der Waals surface area contributed by atoms with Gasteiger partial charge in [0.05, 0.1) is 5.75 Å². The molecule has 0 amide bonds. The van der Waals surface area contributed by atoms with E-state index in [1.54, 1.807) is 24.3 Å². The second-order valence-corrected chi connectivity index (χ2v) is 6.70. The third-order valence-electron chi connectivity index (χ3n) is 2.68. The van der Waals surface area contributed by atoms with E-state index in [0.717, 1.165) is 12.8 Å². The highest BCUT2D eigenvalue weighted by Crippen LogP contribution is 2.13. The Morgan fingerprint density at radius 2 is 1.94 bits per heavy atom. The predicted molar refractivity (Wildman–Crippen MR) is 75.6 cm³/mol. The summed E-state index contributed by atoms with van der Waals surface area (Å²) in [6.07, 6.45) is 1.89. The van der Waals surface area contributed by atoms with E-state index in [-0.39, 0.29) is 5.75 Å². The van der Waals surface area contributed by atoms with Gasteiger partial charge in [-0.15, -0.1) is 0 Å². The summed E-state index contributed by atoms with van der Waals surface area (Å²) in [5, 5.41) is 0. The van der Waals surface area contributed by atoms with Gasteiger partial charge in [0.15, 0.2) is 0 Å². The van der Waals surface area contributed by atoms with E-state index in [4.69, 9.17) is 5.73 Å². The molecule has 0 aliphatic rings. The van der Waals surface area contributed by atoms with Crippen LogP contribution in [-0.2, 0) is 15.8 Å². The van der Waals surface area contributed by atoms with Gasteiger partial charge in [-0.1, -0.05) is 32.0 Å². The van der Waals surface area contributed by atoms with Crippen molar-refractivity contribution in [3.8, 4) is 0 Å². The van der Waals surface area contributed by atoms with Gasteiger partial charge in [-0.25, -0.2) is 13.1 Å². The van der Waals surface area contributed by atoms with Gasteiger partial charge in [0.2, 0.25) is 10.0 Å². The van der Waals surface area contributed by atoms with E-state index in [1.165, 1.54) is 0 Å². The molecule has 0 radical (unpaired) electrons. The first kappa shape index (κ1) is 15.0. The van der Waals surface area contributed by atoms with Crippen LogP contribution in [0.2, 0.25) is 0 Å². The lowest BCUT2D eigenvalue weighted by Crippen LogP contribution is -2.26. The van der Waals surface area contributed by atoms with Gasteiger partial charge >= 0.3 is 0 Å². The number of rotatable bonds is 7. The number of nitrogens with one attached hydrogen (secondary N) is 1. The molecular weight excluding hydrogens is 248 g/mol. The summed E-state index contributed by atoms with van der Waals surface area (Å²) in [7, 11) is -3.29. The monoisotopic (exact) mass is 270 g/mol. The molecule has 0 aromatic heterocycles. The zero-order valence-corrected chi connectivity index (χ0v) is 11.8. The minimum atomic E-state index is -3.29. The maximum atomic E-state index is 11.8. The van der Waals surface area contributed by atoms with Crippen molar-refractivity contribution >= 4 is 15.7 Å². The number of hydrogen-bond donors (Lipinski definition) is 2. The molecule has 18 heavy (non-hydrogen) atoms. The lowest BCUT2D eigenvalue weighted by molar-refractivity contribution is 0.539. The first-order chi connectivity index (χ1) is 8.41. The molecule has 1 aromatic rings. The topological polar surface area (TPSA) is 72.2 Å². The molecule has 4 nitrogen and oxygen atoms in total. The molecule has 0 atom stereocenters. The van der Waals surface area contributed by atoms with Crippen LogP contribution in [-0.4, -0.2) is 15.0 Å². The van der Waals surface area contributed by atoms with Crippen LogP contribution in [0.25, 0.3) is 0 Å². The maximum Gasteiger partial charge on any atom is 0.215 e. The van der Waals surface area contributed by atoms with Crippen molar-refractivity contribution in [2.45, 2.75) is 32.4 Å². The molecule has 0 aliphatic heterocycles. The van der Waals surface area contributed by atoms with Crippen molar-refractivity contribution in [2.24, 2.45) is 5.92 Å². The van der Waals surface area contributed by atoms with Gasteiger partial charge in [-0.05, 0) is 30.4 Å². The standard InChI is InChI=1S/C13H22N2O2S/c1-11(2)6-5-9-15-18(16,17)10-12-7-3-4-8-13(12)14/h3-4,7-8,11,15H,5-6,9-10,14H2,1-2H3. The Morgan fingerprint density at radius 1 is 1.28 bits per heavy atom. The number of anilines is 1. The SMILES string of the molecule is CC(C)CCCNS(=O)(=O)Cc1ccccc1N. The zero-order chi connectivity index (χ0) is 13.6. The molecule has 1 rings (SSSR count). The molecule has 0 fully saturated rings. The molecule has 0 unspecified atom stereocenters. The second-order valence-electron chi connectivity index (χ2n) is 4.89. The third kappa shape index (κ3) is 5.51. The molecule has 0 bridgehead atoms. The Bertz CT molecular complexity index is 470. The molecule has 0 heterocycles. The lowest BCUT2D eigenvalue weighted by atomic mass is 10.1. The summed E-state index contributed by atoms with van der Waals surface area (Å²) in [5.41, 5.74) is 6.90. The maximum absolute atomic E-state index is 11.8. The Labute approximate surface area is 110 Å². The summed E-state index contributed by atoms with van der Waals surface area (Å²) >= 11 is 0. The fraction of sp³-hybridized carbons (Fsp3) is 0.538. The van der Waals surface area contributed by atoms with Gasteiger partial charge in [-0.3, -0.25) is 0 Å². The van der Waals surface area contributed by atoms with Crippen molar-refractivity contribution in [2.75, 3.05) is 12.3 Å². The highest BCUT2D eigenvalue weighted by molar-refractivity contribution is 7.88. The van der Waals surface area contributed by atoms with Gasteiger partial charge in [0.25, 0.3) is 0 Å². The van der Waals surface area contributed by atoms with Crippen LogP contribution in [0.3, 0.4) is 0 Å². The fourth-order valence-electron chi connectivity index (χ4n) is 1.66. The molecule has 0 saturated heterocycles. The molecule has 3 N–H and O–H groups in total. The van der Waals surface area contributed by atoms with E-state index >= 15 is 0 Å². The zero-order valence-electron chi connectivity index (χ0n) is 11.0. The van der Waals surface area contributed by atoms with Gasteiger partial charge in [-0.2, -0.15) is 0 Å². The Hall–Kier alpha value is -1.07. The van der Waals surface area contributed by atoms with E-state index in [9.17, 15) is 8.42 Å². The average Bonchev–Trinajstić information content (AvgIpc) is 2.27. The van der Waals surface area contributed by atoms with Crippen molar-refractivity contribution in [1.82, 2.24) is 4.72 Å². The van der Waals surface area contributed by atoms with Crippen LogP contribution in [0.4, 0.5) is 5.69 Å². The van der Waals surface area contributed by atoms with Crippen LogP contribution < -0.4 is 10.5 Å². The Balaban J connectivity index is 2.48. The lowest BCUT2D eigenvalue weighted by Gasteiger charge is -2.09. The highest BCUT2D eigenvalue weighted by atomic mass is 32.2. The quantitative estimate of drug-likeness (QED) is 0.589.